The van der Waals surface area contributed by atoms with E-state index in [2.05, 4.69) is 27.6 Å². The zero-order valence-corrected chi connectivity index (χ0v) is 11.6. The Kier molecular flexibility index (Phi) is 3.40. The number of aromatic nitrogens is 3. The molecule has 6 nitrogen and oxygen atoms in total. The molecular weight excluding hydrogens is 254 g/mol. The first kappa shape index (κ1) is 13.1. The highest BCUT2D eigenvalue weighted by molar-refractivity contribution is 6.00. The van der Waals surface area contributed by atoms with Gasteiger partial charge in [0.1, 0.15) is 0 Å². The fourth-order valence-electron chi connectivity index (χ4n) is 2.61. The third-order valence-electron chi connectivity index (χ3n) is 4.06. The lowest BCUT2D eigenvalue weighted by Crippen LogP contribution is -2.42. The Hall–Kier alpha value is -1.95. The molecule has 1 aliphatic heterocycles. The number of fused-ring (bicyclic) bond motifs is 1. The number of piperidine rings is 1. The maximum Gasteiger partial charge on any atom is 0.255 e. The van der Waals surface area contributed by atoms with Gasteiger partial charge in [0.05, 0.1) is 23.5 Å². The van der Waals surface area contributed by atoms with Crippen LogP contribution < -0.4 is 10.6 Å². The lowest BCUT2D eigenvalue weighted by molar-refractivity contribution is 0.0924. The van der Waals surface area contributed by atoms with Gasteiger partial charge in [-0.15, -0.1) is 0 Å². The standard InChI is InChI=1S/C14H19N5O/c1-14(2-4-15-5-3-14)10-17-13(20)11-8-18-19-7-6-16-9-12(11)19/h6-9,15H,2-5,10H2,1H3,(H,17,20). The van der Waals surface area contributed by atoms with Gasteiger partial charge in [-0.25, -0.2) is 4.52 Å². The summed E-state index contributed by atoms with van der Waals surface area (Å²) < 4.78 is 1.66. The van der Waals surface area contributed by atoms with E-state index >= 15 is 0 Å². The van der Waals surface area contributed by atoms with Gasteiger partial charge < -0.3 is 10.6 Å². The summed E-state index contributed by atoms with van der Waals surface area (Å²) in [5, 5.41) is 10.5. The summed E-state index contributed by atoms with van der Waals surface area (Å²) in [6.45, 7) is 4.97. The van der Waals surface area contributed by atoms with E-state index in [0.29, 0.717) is 12.1 Å². The van der Waals surface area contributed by atoms with Crippen LogP contribution in [0.1, 0.15) is 30.1 Å². The van der Waals surface area contributed by atoms with Gasteiger partial charge in [-0.05, 0) is 31.3 Å². The normalized spacial score (nSPS) is 18.1. The highest BCUT2D eigenvalue weighted by atomic mass is 16.1. The van der Waals surface area contributed by atoms with Crippen LogP contribution in [0.25, 0.3) is 5.52 Å². The van der Waals surface area contributed by atoms with Gasteiger partial charge in [0.15, 0.2) is 0 Å². The molecule has 1 aliphatic rings. The molecule has 1 amide bonds. The van der Waals surface area contributed by atoms with E-state index in [1.165, 1.54) is 0 Å². The predicted octanol–water partition coefficient (Wildman–Crippen LogP) is 0.849. The fraction of sp³-hybridized carbons (Fsp3) is 0.500. The van der Waals surface area contributed by atoms with E-state index < -0.39 is 0 Å². The molecule has 20 heavy (non-hydrogen) atoms. The average molecular weight is 273 g/mol. The molecule has 0 atom stereocenters. The van der Waals surface area contributed by atoms with E-state index in [1.807, 2.05) is 0 Å². The minimum Gasteiger partial charge on any atom is -0.351 e. The Labute approximate surface area is 117 Å². The molecule has 0 aromatic carbocycles. The van der Waals surface area contributed by atoms with Crippen molar-refractivity contribution in [1.82, 2.24) is 25.2 Å². The van der Waals surface area contributed by atoms with Crippen LogP contribution in [0.2, 0.25) is 0 Å². The van der Waals surface area contributed by atoms with Crippen LogP contribution in [0.3, 0.4) is 0 Å². The van der Waals surface area contributed by atoms with Crippen LogP contribution >= 0.6 is 0 Å². The maximum absolute atomic E-state index is 12.3. The first-order valence-corrected chi connectivity index (χ1v) is 6.94. The number of amides is 1. The van der Waals surface area contributed by atoms with Crippen LogP contribution in [-0.4, -0.2) is 40.1 Å². The third kappa shape index (κ3) is 2.51. The fourth-order valence-corrected chi connectivity index (χ4v) is 2.61. The maximum atomic E-state index is 12.3. The van der Waals surface area contributed by atoms with E-state index in [9.17, 15) is 4.79 Å². The Morgan fingerprint density at radius 3 is 3.05 bits per heavy atom. The van der Waals surface area contributed by atoms with Gasteiger partial charge in [0, 0.05) is 18.9 Å². The Morgan fingerprint density at radius 2 is 2.25 bits per heavy atom. The average Bonchev–Trinajstić information content (AvgIpc) is 2.90. The van der Waals surface area contributed by atoms with Crippen molar-refractivity contribution < 1.29 is 4.79 Å². The van der Waals surface area contributed by atoms with Crippen molar-refractivity contribution in [3.63, 3.8) is 0 Å². The molecule has 0 saturated carbocycles. The van der Waals surface area contributed by atoms with Crippen molar-refractivity contribution in [3.8, 4) is 0 Å². The van der Waals surface area contributed by atoms with Crippen LogP contribution in [0.5, 0.6) is 0 Å². The second kappa shape index (κ2) is 5.20. The summed E-state index contributed by atoms with van der Waals surface area (Å²) in [5.41, 5.74) is 1.50. The molecule has 6 heteroatoms. The van der Waals surface area contributed by atoms with Crippen molar-refractivity contribution in [2.45, 2.75) is 19.8 Å². The summed E-state index contributed by atoms with van der Waals surface area (Å²) >= 11 is 0. The van der Waals surface area contributed by atoms with Crippen LogP contribution in [-0.2, 0) is 0 Å². The second-order valence-electron chi connectivity index (χ2n) is 5.71. The minimum absolute atomic E-state index is 0.0762. The molecule has 3 heterocycles. The number of carbonyl (C=O) groups excluding carboxylic acids is 1. The largest absolute Gasteiger partial charge is 0.351 e. The van der Waals surface area contributed by atoms with Gasteiger partial charge in [-0.3, -0.25) is 9.78 Å². The summed E-state index contributed by atoms with van der Waals surface area (Å²) in [5.74, 6) is -0.0762. The van der Waals surface area contributed by atoms with Gasteiger partial charge in [0.2, 0.25) is 0 Å². The zero-order chi connectivity index (χ0) is 14.0. The molecule has 0 unspecified atom stereocenters. The molecule has 106 valence electrons. The first-order chi connectivity index (χ1) is 9.68. The Morgan fingerprint density at radius 1 is 1.45 bits per heavy atom. The van der Waals surface area contributed by atoms with Gasteiger partial charge in [-0.1, -0.05) is 6.92 Å². The lowest BCUT2D eigenvalue weighted by Gasteiger charge is -2.34. The molecular formula is C14H19N5O. The summed E-state index contributed by atoms with van der Waals surface area (Å²) in [6, 6.07) is 0. The monoisotopic (exact) mass is 273 g/mol. The molecule has 0 radical (unpaired) electrons. The van der Waals surface area contributed by atoms with Gasteiger partial charge in [0.25, 0.3) is 5.91 Å². The smallest absolute Gasteiger partial charge is 0.255 e. The third-order valence-corrected chi connectivity index (χ3v) is 4.06. The van der Waals surface area contributed by atoms with Crippen LogP contribution in [0, 0.1) is 5.41 Å². The van der Waals surface area contributed by atoms with Crippen LogP contribution in [0.4, 0.5) is 0 Å². The topological polar surface area (TPSA) is 71.3 Å². The molecule has 0 bridgehead atoms. The van der Waals surface area contributed by atoms with Crippen molar-refractivity contribution in [1.29, 1.82) is 0 Å². The lowest BCUT2D eigenvalue weighted by atomic mass is 9.81. The molecule has 1 fully saturated rings. The zero-order valence-electron chi connectivity index (χ0n) is 11.6. The quantitative estimate of drug-likeness (QED) is 0.869. The Bertz CT molecular complexity index is 615. The van der Waals surface area contributed by atoms with Crippen LogP contribution in [0.15, 0.2) is 24.8 Å². The summed E-state index contributed by atoms with van der Waals surface area (Å²) in [6.07, 6.45) is 8.82. The second-order valence-corrected chi connectivity index (χ2v) is 5.71. The molecule has 3 rings (SSSR count). The Balaban J connectivity index is 1.70. The number of nitrogens with one attached hydrogen (secondary N) is 2. The number of hydrogen-bond acceptors (Lipinski definition) is 4. The minimum atomic E-state index is -0.0762. The van der Waals surface area contributed by atoms with Crippen molar-refractivity contribution in [3.05, 3.63) is 30.4 Å². The highest BCUT2D eigenvalue weighted by Crippen LogP contribution is 2.26. The SMILES string of the molecule is CC1(CNC(=O)c2cnn3ccncc23)CCNCC1. The van der Waals surface area contributed by atoms with E-state index in [4.69, 9.17) is 0 Å². The van der Waals surface area contributed by atoms with Crippen molar-refractivity contribution in [2.75, 3.05) is 19.6 Å². The molecule has 2 aromatic heterocycles. The predicted molar refractivity (Wildman–Crippen MR) is 75.5 cm³/mol. The van der Waals surface area contributed by atoms with E-state index in [0.717, 1.165) is 31.4 Å². The summed E-state index contributed by atoms with van der Waals surface area (Å²) in [7, 11) is 0. The van der Waals surface area contributed by atoms with Crippen molar-refractivity contribution >= 4 is 11.4 Å². The molecule has 1 saturated heterocycles. The first-order valence-electron chi connectivity index (χ1n) is 6.94. The number of nitrogens with zero attached hydrogens (tertiary/aromatic N) is 3. The number of carbonyl (C=O) groups is 1. The number of rotatable bonds is 3. The van der Waals surface area contributed by atoms with Gasteiger partial charge >= 0.3 is 0 Å². The molecule has 0 aliphatic carbocycles. The van der Waals surface area contributed by atoms with E-state index in [-0.39, 0.29) is 11.3 Å². The molecule has 0 spiro atoms. The molecule has 2 aromatic rings. The van der Waals surface area contributed by atoms with E-state index in [1.54, 1.807) is 29.3 Å². The number of hydrogen-bond donors (Lipinski definition) is 2. The van der Waals surface area contributed by atoms with Crippen molar-refractivity contribution in [2.24, 2.45) is 5.41 Å². The highest BCUT2D eigenvalue weighted by Gasteiger charge is 2.27. The summed E-state index contributed by atoms with van der Waals surface area (Å²) in [4.78, 5) is 16.3. The van der Waals surface area contributed by atoms with Gasteiger partial charge in [-0.2, -0.15) is 5.10 Å². The molecule has 2 N–H and O–H groups in total.